The van der Waals surface area contributed by atoms with E-state index >= 15 is 0 Å². The van der Waals surface area contributed by atoms with Crippen molar-refractivity contribution in [3.8, 4) is 0 Å². The molecule has 1 aliphatic rings. The largest absolute Gasteiger partial charge is 0.398 e. The van der Waals surface area contributed by atoms with Crippen LogP contribution >= 0.6 is 0 Å². The number of anilines is 1. The monoisotopic (exact) mass is 274 g/mol. The van der Waals surface area contributed by atoms with Gasteiger partial charge in [-0.15, -0.1) is 0 Å². The zero-order valence-corrected chi connectivity index (χ0v) is 10.7. The second-order valence-electron chi connectivity index (χ2n) is 4.58. The topological polar surface area (TPSA) is 92.4 Å². The number of nitrogen functional groups attached to an aromatic ring is 1. The summed E-state index contributed by atoms with van der Waals surface area (Å²) in [6.45, 7) is 1.60. The molecule has 1 saturated carbocycles. The van der Waals surface area contributed by atoms with Crippen LogP contribution in [0.15, 0.2) is 17.0 Å². The van der Waals surface area contributed by atoms with Gasteiger partial charge in [-0.1, -0.05) is 0 Å². The van der Waals surface area contributed by atoms with E-state index in [1.54, 1.807) is 6.92 Å². The molecule has 0 atom stereocenters. The Hall–Kier alpha value is -1.18. The van der Waals surface area contributed by atoms with Crippen molar-refractivity contribution >= 4 is 15.7 Å². The molecule has 100 valence electrons. The Morgan fingerprint density at radius 1 is 1.44 bits per heavy atom. The van der Waals surface area contributed by atoms with E-state index in [0.29, 0.717) is 18.4 Å². The van der Waals surface area contributed by atoms with Crippen LogP contribution in [0.2, 0.25) is 0 Å². The molecule has 1 fully saturated rings. The zero-order chi connectivity index (χ0) is 13.5. The first kappa shape index (κ1) is 13.3. The molecule has 0 radical (unpaired) electrons. The van der Waals surface area contributed by atoms with Gasteiger partial charge in [0.2, 0.25) is 10.0 Å². The molecule has 0 unspecified atom stereocenters. The lowest BCUT2D eigenvalue weighted by Crippen LogP contribution is -2.46. The minimum atomic E-state index is -3.93. The maximum Gasteiger partial charge on any atom is 0.243 e. The van der Waals surface area contributed by atoms with Crippen LogP contribution in [0.25, 0.3) is 0 Å². The summed E-state index contributed by atoms with van der Waals surface area (Å²) >= 11 is 0. The summed E-state index contributed by atoms with van der Waals surface area (Å²) in [5.74, 6) is -0.825. The lowest BCUT2D eigenvalue weighted by atomic mass is 9.91. The van der Waals surface area contributed by atoms with Crippen LogP contribution in [0.3, 0.4) is 0 Å². The Bertz CT molecular complexity index is 568. The second kappa shape index (κ2) is 4.49. The number of benzene rings is 1. The van der Waals surface area contributed by atoms with Crippen LogP contribution in [-0.4, -0.2) is 25.7 Å². The van der Waals surface area contributed by atoms with Crippen molar-refractivity contribution in [3.05, 3.63) is 23.5 Å². The van der Waals surface area contributed by atoms with Gasteiger partial charge < -0.3 is 10.8 Å². The van der Waals surface area contributed by atoms with E-state index in [1.807, 2.05) is 0 Å². The Labute approximate surface area is 105 Å². The Morgan fingerprint density at radius 3 is 2.61 bits per heavy atom. The van der Waals surface area contributed by atoms with Crippen LogP contribution in [0.1, 0.15) is 18.4 Å². The standard InChI is InChI=1S/C11H15FN2O3S/c1-6-2-9(12)11(5-10(6)13)18(16,17)14-7-3-8(15)4-7/h2,5,7-8,14-15H,3-4,13H2,1H3. The molecule has 0 aromatic heterocycles. The first-order chi connectivity index (χ1) is 8.29. The third-order valence-corrected chi connectivity index (χ3v) is 4.58. The van der Waals surface area contributed by atoms with Gasteiger partial charge in [-0.25, -0.2) is 17.5 Å². The highest BCUT2D eigenvalue weighted by Crippen LogP contribution is 2.25. The fourth-order valence-electron chi connectivity index (χ4n) is 1.84. The van der Waals surface area contributed by atoms with Crippen LogP contribution in [0.5, 0.6) is 0 Å². The highest BCUT2D eigenvalue weighted by Gasteiger charge is 2.32. The van der Waals surface area contributed by atoms with Crippen LogP contribution in [0.4, 0.5) is 10.1 Å². The lowest BCUT2D eigenvalue weighted by Gasteiger charge is -2.31. The number of aliphatic hydroxyl groups is 1. The highest BCUT2D eigenvalue weighted by atomic mass is 32.2. The summed E-state index contributed by atoms with van der Waals surface area (Å²) in [7, 11) is -3.93. The van der Waals surface area contributed by atoms with Gasteiger partial charge in [-0.3, -0.25) is 0 Å². The molecule has 7 heteroatoms. The third kappa shape index (κ3) is 2.47. The Balaban J connectivity index is 2.27. The van der Waals surface area contributed by atoms with Crippen molar-refractivity contribution in [2.24, 2.45) is 0 Å². The molecular weight excluding hydrogens is 259 g/mol. The van der Waals surface area contributed by atoms with Gasteiger partial charge in [0.25, 0.3) is 0 Å². The summed E-state index contributed by atoms with van der Waals surface area (Å²) in [5, 5.41) is 9.09. The van der Waals surface area contributed by atoms with Gasteiger partial charge in [-0.05, 0) is 37.5 Å². The number of aliphatic hydroxyl groups excluding tert-OH is 1. The highest BCUT2D eigenvalue weighted by molar-refractivity contribution is 7.89. The van der Waals surface area contributed by atoms with E-state index < -0.39 is 26.8 Å². The third-order valence-electron chi connectivity index (χ3n) is 3.05. The van der Waals surface area contributed by atoms with Crippen LogP contribution < -0.4 is 10.5 Å². The van der Waals surface area contributed by atoms with Crippen molar-refractivity contribution in [3.63, 3.8) is 0 Å². The van der Waals surface area contributed by atoms with Crippen molar-refractivity contribution in [1.29, 1.82) is 0 Å². The second-order valence-corrected chi connectivity index (χ2v) is 6.27. The summed E-state index contributed by atoms with van der Waals surface area (Å²) in [6.07, 6.45) is 0.218. The number of hydrogen-bond acceptors (Lipinski definition) is 4. The molecule has 18 heavy (non-hydrogen) atoms. The van der Waals surface area contributed by atoms with Crippen LogP contribution in [-0.2, 0) is 10.0 Å². The fourth-order valence-corrected chi connectivity index (χ4v) is 3.20. The van der Waals surface area contributed by atoms with Crippen molar-refractivity contribution in [1.82, 2.24) is 4.72 Å². The summed E-state index contributed by atoms with van der Waals surface area (Å²) in [5.41, 5.74) is 6.31. The predicted molar refractivity (Wildman–Crippen MR) is 64.9 cm³/mol. The zero-order valence-electron chi connectivity index (χ0n) is 9.85. The number of sulfonamides is 1. The first-order valence-corrected chi connectivity index (χ1v) is 7.04. The number of halogens is 1. The van der Waals surface area contributed by atoms with E-state index in [-0.39, 0.29) is 11.7 Å². The quantitative estimate of drug-likeness (QED) is 0.701. The van der Waals surface area contributed by atoms with Crippen molar-refractivity contribution in [2.75, 3.05) is 5.73 Å². The minimum Gasteiger partial charge on any atom is -0.398 e. The summed E-state index contributed by atoms with van der Waals surface area (Å²) < 4.78 is 39.9. The van der Waals surface area contributed by atoms with Crippen LogP contribution in [0, 0.1) is 12.7 Å². The molecule has 1 aromatic rings. The minimum absolute atomic E-state index is 0.227. The number of rotatable bonds is 3. The Morgan fingerprint density at radius 2 is 2.06 bits per heavy atom. The average molecular weight is 274 g/mol. The van der Waals surface area contributed by atoms with Gasteiger partial charge >= 0.3 is 0 Å². The molecule has 1 aromatic carbocycles. The maximum atomic E-state index is 13.7. The normalized spacial score (nSPS) is 23.7. The van der Waals surface area contributed by atoms with Crippen molar-refractivity contribution < 1.29 is 17.9 Å². The Kier molecular flexibility index (Phi) is 3.31. The van der Waals surface area contributed by atoms with E-state index in [4.69, 9.17) is 10.8 Å². The van der Waals surface area contributed by atoms with Gasteiger partial charge in [0, 0.05) is 11.7 Å². The van der Waals surface area contributed by atoms with E-state index in [0.717, 1.165) is 12.1 Å². The molecule has 5 nitrogen and oxygen atoms in total. The maximum absolute atomic E-state index is 13.7. The number of aryl methyl sites for hydroxylation is 1. The van der Waals surface area contributed by atoms with Gasteiger partial charge in [0.15, 0.2) is 0 Å². The fraction of sp³-hybridized carbons (Fsp3) is 0.455. The molecule has 0 heterocycles. The SMILES string of the molecule is Cc1cc(F)c(S(=O)(=O)NC2CC(O)C2)cc1N. The van der Waals surface area contributed by atoms with E-state index in [9.17, 15) is 12.8 Å². The molecule has 4 N–H and O–H groups in total. The molecule has 2 rings (SSSR count). The summed E-state index contributed by atoms with van der Waals surface area (Å²) in [6, 6.07) is 1.87. The van der Waals surface area contributed by atoms with Gasteiger partial charge in [-0.2, -0.15) is 0 Å². The number of nitrogens with one attached hydrogen (secondary N) is 1. The van der Waals surface area contributed by atoms with E-state index in [2.05, 4.69) is 4.72 Å². The smallest absolute Gasteiger partial charge is 0.243 e. The predicted octanol–water partition coefficient (Wildman–Crippen LogP) is 0.518. The number of nitrogens with two attached hydrogens (primary N) is 1. The van der Waals surface area contributed by atoms with Gasteiger partial charge in [0.1, 0.15) is 10.7 Å². The van der Waals surface area contributed by atoms with Gasteiger partial charge in [0.05, 0.1) is 6.10 Å². The first-order valence-electron chi connectivity index (χ1n) is 5.55. The molecule has 0 aliphatic heterocycles. The molecule has 1 aliphatic carbocycles. The molecule has 0 amide bonds. The molecule has 0 spiro atoms. The average Bonchev–Trinajstić information content (AvgIpc) is 2.20. The number of hydrogen-bond donors (Lipinski definition) is 3. The lowest BCUT2D eigenvalue weighted by molar-refractivity contribution is 0.0712. The summed E-state index contributed by atoms with van der Waals surface area (Å²) in [4.78, 5) is -0.452. The molecule has 0 bridgehead atoms. The van der Waals surface area contributed by atoms with Crippen molar-refractivity contribution in [2.45, 2.75) is 36.8 Å². The molecular formula is C11H15FN2O3S. The van der Waals surface area contributed by atoms with E-state index in [1.165, 1.54) is 0 Å². The molecule has 0 saturated heterocycles.